The largest absolute Gasteiger partial charge is 0.380 e. The molecular formula is C16H34N2O. The molecular weight excluding hydrogens is 236 g/mol. The highest BCUT2D eigenvalue weighted by atomic mass is 16.5. The molecule has 0 bridgehead atoms. The highest BCUT2D eigenvalue weighted by Crippen LogP contribution is 2.24. The molecule has 1 N–H and O–H groups in total. The van der Waals surface area contributed by atoms with E-state index in [9.17, 15) is 0 Å². The molecule has 2 atom stereocenters. The SMILES string of the molecule is CCCOCCN1CC(C(C)(C)C)NCC1CCC. The van der Waals surface area contributed by atoms with Crippen LogP contribution in [0.2, 0.25) is 0 Å². The molecule has 0 spiro atoms. The fourth-order valence-corrected chi connectivity index (χ4v) is 2.76. The van der Waals surface area contributed by atoms with Crippen LogP contribution in [0.15, 0.2) is 0 Å². The summed E-state index contributed by atoms with van der Waals surface area (Å²) in [4.78, 5) is 2.64. The van der Waals surface area contributed by atoms with E-state index in [1.54, 1.807) is 0 Å². The molecule has 3 nitrogen and oxygen atoms in total. The van der Waals surface area contributed by atoms with Crippen molar-refractivity contribution in [2.24, 2.45) is 5.41 Å². The van der Waals surface area contributed by atoms with E-state index in [1.165, 1.54) is 12.8 Å². The second kappa shape index (κ2) is 8.23. The Balaban J connectivity index is 2.48. The van der Waals surface area contributed by atoms with Gasteiger partial charge in [0.25, 0.3) is 0 Å². The van der Waals surface area contributed by atoms with Gasteiger partial charge in [-0.1, -0.05) is 41.0 Å². The predicted octanol–water partition coefficient (Wildman–Crippen LogP) is 2.90. The van der Waals surface area contributed by atoms with Crippen LogP contribution in [0.3, 0.4) is 0 Å². The lowest BCUT2D eigenvalue weighted by Gasteiger charge is -2.45. The maximum absolute atomic E-state index is 5.67. The van der Waals surface area contributed by atoms with Gasteiger partial charge in [-0.25, -0.2) is 0 Å². The average Bonchev–Trinajstić information content (AvgIpc) is 2.35. The molecule has 0 amide bonds. The van der Waals surface area contributed by atoms with Crippen LogP contribution in [0.5, 0.6) is 0 Å². The van der Waals surface area contributed by atoms with Crippen LogP contribution in [-0.2, 0) is 4.74 Å². The number of hydrogen-bond donors (Lipinski definition) is 1. The third-order valence-corrected chi connectivity index (χ3v) is 4.07. The molecule has 0 radical (unpaired) electrons. The lowest BCUT2D eigenvalue weighted by Crippen LogP contribution is -2.60. The molecule has 0 aromatic carbocycles. The molecule has 1 heterocycles. The molecule has 0 aromatic rings. The van der Waals surface area contributed by atoms with Gasteiger partial charge in [0.05, 0.1) is 6.61 Å². The van der Waals surface area contributed by atoms with Gasteiger partial charge in [0.15, 0.2) is 0 Å². The maximum atomic E-state index is 5.67. The Bertz CT molecular complexity index is 237. The van der Waals surface area contributed by atoms with E-state index in [-0.39, 0.29) is 0 Å². The van der Waals surface area contributed by atoms with Gasteiger partial charge in [-0.3, -0.25) is 4.90 Å². The molecule has 19 heavy (non-hydrogen) atoms. The summed E-state index contributed by atoms with van der Waals surface area (Å²) in [6.45, 7) is 16.6. The lowest BCUT2D eigenvalue weighted by atomic mass is 9.84. The van der Waals surface area contributed by atoms with Crippen molar-refractivity contribution in [1.29, 1.82) is 0 Å². The summed E-state index contributed by atoms with van der Waals surface area (Å²) in [5.41, 5.74) is 0.333. The van der Waals surface area contributed by atoms with Crippen LogP contribution < -0.4 is 5.32 Å². The Labute approximate surface area is 120 Å². The first-order valence-corrected chi connectivity index (χ1v) is 8.04. The smallest absolute Gasteiger partial charge is 0.0593 e. The molecule has 2 unspecified atom stereocenters. The van der Waals surface area contributed by atoms with Gasteiger partial charge in [0.1, 0.15) is 0 Å². The van der Waals surface area contributed by atoms with Crippen molar-refractivity contribution in [3.05, 3.63) is 0 Å². The minimum atomic E-state index is 0.333. The normalized spacial score (nSPS) is 25.7. The molecule has 0 aromatic heterocycles. The molecule has 1 fully saturated rings. The second-order valence-electron chi connectivity index (χ2n) is 6.88. The third-order valence-electron chi connectivity index (χ3n) is 4.07. The van der Waals surface area contributed by atoms with E-state index in [0.29, 0.717) is 17.5 Å². The number of ether oxygens (including phenoxy) is 1. The highest BCUT2D eigenvalue weighted by molar-refractivity contribution is 4.91. The Kier molecular flexibility index (Phi) is 7.33. The summed E-state index contributed by atoms with van der Waals surface area (Å²) in [6, 6.07) is 1.28. The molecule has 0 saturated carbocycles. The van der Waals surface area contributed by atoms with Crippen molar-refractivity contribution >= 4 is 0 Å². The van der Waals surface area contributed by atoms with Gasteiger partial charge in [-0.2, -0.15) is 0 Å². The van der Waals surface area contributed by atoms with Crippen molar-refractivity contribution in [1.82, 2.24) is 10.2 Å². The van der Waals surface area contributed by atoms with E-state index >= 15 is 0 Å². The van der Waals surface area contributed by atoms with Gasteiger partial charge in [0.2, 0.25) is 0 Å². The average molecular weight is 270 g/mol. The Hall–Kier alpha value is -0.120. The van der Waals surface area contributed by atoms with E-state index in [4.69, 9.17) is 4.74 Å². The van der Waals surface area contributed by atoms with Crippen LogP contribution in [-0.4, -0.2) is 49.8 Å². The molecule has 1 aliphatic heterocycles. The summed E-state index contributed by atoms with van der Waals surface area (Å²) >= 11 is 0. The molecule has 1 rings (SSSR count). The van der Waals surface area contributed by atoms with Crippen molar-refractivity contribution in [2.75, 3.05) is 32.8 Å². The number of nitrogens with one attached hydrogen (secondary N) is 1. The zero-order valence-corrected chi connectivity index (χ0v) is 13.7. The van der Waals surface area contributed by atoms with E-state index in [0.717, 1.165) is 39.3 Å². The Morgan fingerprint density at radius 2 is 1.89 bits per heavy atom. The van der Waals surface area contributed by atoms with Crippen molar-refractivity contribution < 1.29 is 4.74 Å². The fraction of sp³-hybridized carbons (Fsp3) is 1.00. The molecule has 1 saturated heterocycles. The second-order valence-corrected chi connectivity index (χ2v) is 6.88. The topological polar surface area (TPSA) is 24.5 Å². The zero-order valence-electron chi connectivity index (χ0n) is 13.7. The van der Waals surface area contributed by atoms with Crippen molar-refractivity contribution in [3.8, 4) is 0 Å². The molecule has 1 aliphatic rings. The van der Waals surface area contributed by atoms with Crippen LogP contribution in [0.1, 0.15) is 53.9 Å². The number of nitrogens with zero attached hydrogens (tertiary/aromatic N) is 1. The van der Waals surface area contributed by atoms with Crippen LogP contribution in [0.25, 0.3) is 0 Å². The van der Waals surface area contributed by atoms with Gasteiger partial charge in [-0.15, -0.1) is 0 Å². The monoisotopic (exact) mass is 270 g/mol. The summed E-state index contributed by atoms with van der Waals surface area (Å²) in [7, 11) is 0. The first-order valence-electron chi connectivity index (χ1n) is 8.04. The third kappa shape index (κ3) is 5.80. The fourth-order valence-electron chi connectivity index (χ4n) is 2.76. The minimum absolute atomic E-state index is 0.333. The van der Waals surface area contributed by atoms with Crippen LogP contribution in [0.4, 0.5) is 0 Å². The maximum Gasteiger partial charge on any atom is 0.0593 e. The van der Waals surface area contributed by atoms with Crippen LogP contribution >= 0.6 is 0 Å². The minimum Gasteiger partial charge on any atom is -0.380 e. The van der Waals surface area contributed by atoms with Gasteiger partial charge >= 0.3 is 0 Å². The number of rotatable bonds is 7. The van der Waals surface area contributed by atoms with Gasteiger partial charge in [-0.05, 0) is 18.3 Å². The summed E-state index contributed by atoms with van der Waals surface area (Å²) < 4.78 is 5.67. The van der Waals surface area contributed by atoms with Gasteiger partial charge < -0.3 is 10.1 Å². The first kappa shape index (κ1) is 16.9. The number of piperazine rings is 1. The Morgan fingerprint density at radius 1 is 1.16 bits per heavy atom. The summed E-state index contributed by atoms with van der Waals surface area (Å²) in [5, 5.41) is 3.74. The Morgan fingerprint density at radius 3 is 2.47 bits per heavy atom. The van der Waals surface area contributed by atoms with Crippen molar-refractivity contribution in [3.63, 3.8) is 0 Å². The molecule has 114 valence electrons. The van der Waals surface area contributed by atoms with Crippen molar-refractivity contribution in [2.45, 2.75) is 66.0 Å². The van der Waals surface area contributed by atoms with Crippen LogP contribution in [0, 0.1) is 5.41 Å². The quantitative estimate of drug-likeness (QED) is 0.720. The van der Waals surface area contributed by atoms with Gasteiger partial charge in [0, 0.05) is 38.3 Å². The van der Waals surface area contributed by atoms with E-state index < -0.39 is 0 Å². The van der Waals surface area contributed by atoms with E-state index in [1.807, 2.05) is 0 Å². The number of hydrogen-bond acceptors (Lipinski definition) is 3. The molecule has 3 heteroatoms. The zero-order chi connectivity index (χ0) is 14.3. The molecule has 0 aliphatic carbocycles. The highest BCUT2D eigenvalue weighted by Gasteiger charge is 2.33. The summed E-state index contributed by atoms with van der Waals surface area (Å²) in [5.74, 6) is 0. The van der Waals surface area contributed by atoms with E-state index in [2.05, 4.69) is 44.8 Å². The predicted molar refractivity (Wildman–Crippen MR) is 82.6 cm³/mol. The standard InChI is InChI=1S/C16H34N2O/c1-6-8-14-12-17-15(16(3,4)5)13-18(14)9-11-19-10-7-2/h14-15,17H,6-13H2,1-5H3. The lowest BCUT2D eigenvalue weighted by molar-refractivity contribution is 0.0436. The first-order chi connectivity index (χ1) is 8.99. The summed E-state index contributed by atoms with van der Waals surface area (Å²) in [6.07, 6.45) is 3.67.